The highest BCUT2D eigenvalue weighted by molar-refractivity contribution is 6.12. The van der Waals surface area contributed by atoms with Gasteiger partial charge in [-0.2, -0.15) is 0 Å². The molecule has 0 amide bonds. The van der Waals surface area contributed by atoms with Gasteiger partial charge in [0.25, 0.3) is 0 Å². The number of nitrogens with two attached hydrogens (primary N) is 1. The molecular formula is C38H24N4O2. The van der Waals surface area contributed by atoms with Crippen LogP contribution in [0.25, 0.3) is 88.5 Å². The first-order chi connectivity index (χ1) is 21.8. The Morgan fingerprint density at radius 3 is 2.16 bits per heavy atom. The van der Waals surface area contributed by atoms with Crippen molar-refractivity contribution in [2.45, 2.75) is 6.54 Å². The number of fused-ring (bicyclic) bond motifs is 11. The Labute approximate surface area is 250 Å². The zero-order chi connectivity index (χ0) is 28.9. The van der Waals surface area contributed by atoms with Crippen LogP contribution in [0.2, 0.25) is 0 Å². The number of para-hydroxylation sites is 5. The van der Waals surface area contributed by atoms with E-state index in [1.165, 1.54) is 0 Å². The molecule has 0 aliphatic rings. The lowest BCUT2D eigenvalue weighted by Crippen LogP contribution is -1.95. The summed E-state index contributed by atoms with van der Waals surface area (Å²) in [5.74, 6) is 0.875. The van der Waals surface area contributed by atoms with E-state index in [-0.39, 0.29) is 0 Å². The molecule has 10 rings (SSSR count). The van der Waals surface area contributed by atoms with Crippen LogP contribution in [0.1, 0.15) is 5.56 Å². The van der Waals surface area contributed by atoms with Crippen molar-refractivity contribution in [3.05, 3.63) is 127 Å². The molecule has 2 N–H and O–H groups in total. The highest BCUT2D eigenvalue weighted by Gasteiger charge is 2.21. The van der Waals surface area contributed by atoms with Crippen molar-refractivity contribution in [2.24, 2.45) is 5.73 Å². The molecule has 0 aliphatic carbocycles. The number of hydrogen-bond acceptors (Lipinski definition) is 4. The summed E-state index contributed by atoms with van der Waals surface area (Å²) in [6.45, 7) is 0.439. The van der Waals surface area contributed by atoms with Gasteiger partial charge in [-0.25, -0.2) is 4.98 Å². The summed E-state index contributed by atoms with van der Waals surface area (Å²) in [6.07, 6.45) is 0. The topological polar surface area (TPSA) is 74.5 Å². The Morgan fingerprint density at radius 1 is 0.591 bits per heavy atom. The minimum Gasteiger partial charge on any atom is -0.456 e. The molecule has 0 saturated heterocycles. The molecular weight excluding hydrogens is 544 g/mol. The number of benzene rings is 6. The average Bonchev–Trinajstić information content (AvgIpc) is 3.82. The largest absolute Gasteiger partial charge is 0.456 e. The van der Waals surface area contributed by atoms with Gasteiger partial charge in [-0.1, -0.05) is 60.7 Å². The molecule has 0 fully saturated rings. The van der Waals surface area contributed by atoms with Crippen molar-refractivity contribution in [1.29, 1.82) is 0 Å². The molecule has 0 atom stereocenters. The van der Waals surface area contributed by atoms with Crippen LogP contribution < -0.4 is 5.73 Å². The molecule has 0 bridgehead atoms. The molecule has 0 spiro atoms. The third-order valence-electron chi connectivity index (χ3n) is 8.95. The van der Waals surface area contributed by atoms with E-state index in [1.54, 1.807) is 0 Å². The molecule has 0 saturated carbocycles. The minimum atomic E-state index is 0.439. The Balaban J connectivity index is 1.24. The summed E-state index contributed by atoms with van der Waals surface area (Å²) in [5, 5.41) is 4.28. The summed E-state index contributed by atoms with van der Waals surface area (Å²) in [6, 6.07) is 42.0. The van der Waals surface area contributed by atoms with Crippen LogP contribution in [0, 0.1) is 0 Å². The van der Waals surface area contributed by atoms with Crippen LogP contribution in [-0.2, 0) is 6.54 Å². The van der Waals surface area contributed by atoms with Crippen molar-refractivity contribution in [2.75, 3.05) is 0 Å². The molecule has 0 unspecified atom stereocenters. The minimum absolute atomic E-state index is 0.439. The van der Waals surface area contributed by atoms with Gasteiger partial charge < -0.3 is 14.6 Å². The Kier molecular flexibility index (Phi) is 4.63. The smallest absolute Gasteiger partial charge is 0.220 e. The molecule has 208 valence electrons. The molecule has 10 aromatic rings. The zero-order valence-electron chi connectivity index (χ0n) is 23.5. The highest BCUT2D eigenvalue weighted by Crippen LogP contribution is 2.40. The molecule has 6 nitrogen and oxygen atoms in total. The maximum atomic E-state index is 6.44. The van der Waals surface area contributed by atoms with E-state index >= 15 is 0 Å². The lowest BCUT2D eigenvalue weighted by Gasteiger charge is -2.08. The Bertz CT molecular complexity index is 2770. The van der Waals surface area contributed by atoms with Crippen molar-refractivity contribution in [1.82, 2.24) is 14.0 Å². The quantitative estimate of drug-likeness (QED) is 0.230. The third kappa shape index (κ3) is 3.09. The van der Waals surface area contributed by atoms with E-state index in [2.05, 4.69) is 106 Å². The highest BCUT2D eigenvalue weighted by atomic mass is 16.3. The fourth-order valence-electron chi connectivity index (χ4n) is 6.96. The molecule has 6 heteroatoms. The molecule has 6 aromatic carbocycles. The SMILES string of the molecule is NCc1cccc2c1oc1ccc(-c3ccc4oc5cccc(-n6c7ccccc7n7c8ccccc8nc67)c5c4c3)cc12. The van der Waals surface area contributed by atoms with E-state index in [9.17, 15) is 0 Å². The fourth-order valence-corrected chi connectivity index (χ4v) is 6.96. The van der Waals surface area contributed by atoms with Gasteiger partial charge in [0.15, 0.2) is 0 Å². The Morgan fingerprint density at radius 2 is 1.32 bits per heavy atom. The Hall–Kier alpha value is -5.85. The second-order valence-electron chi connectivity index (χ2n) is 11.3. The van der Waals surface area contributed by atoms with E-state index in [1.807, 2.05) is 24.3 Å². The molecule has 4 heterocycles. The second kappa shape index (κ2) is 8.60. The summed E-state index contributed by atoms with van der Waals surface area (Å²) in [5.41, 5.74) is 17.9. The monoisotopic (exact) mass is 568 g/mol. The molecule has 0 radical (unpaired) electrons. The summed E-state index contributed by atoms with van der Waals surface area (Å²) in [4.78, 5) is 5.10. The van der Waals surface area contributed by atoms with Gasteiger partial charge in [0, 0.05) is 28.3 Å². The van der Waals surface area contributed by atoms with Gasteiger partial charge in [-0.05, 0) is 71.8 Å². The van der Waals surface area contributed by atoms with Crippen LogP contribution in [0.4, 0.5) is 0 Å². The van der Waals surface area contributed by atoms with Gasteiger partial charge in [0.1, 0.15) is 22.3 Å². The normalized spacial score (nSPS) is 12.3. The van der Waals surface area contributed by atoms with Crippen molar-refractivity contribution < 1.29 is 8.83 Å². The average molecular weight is 569 g/mol. The van der Waals surface area contributed by atoms with E-state index in [0.29, 0.717) is 6.54 Å². The van der Waals surface area contributed by atoms with E-state index < -0.39 is 0 Å². The van der Waals surface area contributed by atoms with Crippen LogP contribution >= 0.6 is 0 Å². The molecule has 44 heavy (non-hydrogen) atoms. The second-order valence-corrected chi connectivity index (χ2v) is 11.3. The lowest BCUT2D eigenvalue weighted by atomic mass is 10.00. The number of imidazole rings is 2. The fraction of sp³-hybridized carbons (Fsp3) is 0.0263. The summed E-state index contributed by atoms with van der Waals surface area (Å²) >= 11 is 0. The van der Waals surface area contributed by atoms with Gasteiger partial charge in [0.2, 0.25) is 5.78 Å². The number of hydrogen-bond donors (Lipinski definition) is 1. The third-order valence-corrected chi connectivity index (χ3v) is 8.95. The van der Waals surface area contributed by atoms with Crippen LogP contribution in [0.3, 0.4) is 0 Å². The van der Waals surface area contributed by atoms with Crippen molar-refractivity contribution in [3.63, 3.8) is 0 Å². The van der Waals surface area contributed by atoms with Gasteiger partial charge in [-0.3, -0.25) is 8.97 Å². The van der Waals surface area contributed by atoms with E-state index in [4.69, 9.17) is 19.6 Å². The van der Waals surface area contributed by atoms with Gasteiger partial charge in [0.05, 0.1) is 33.1 Å². The number of aromatic nitrogens is 3. The first kappa shape index (κ1) is 23.7. The summed E-state index contributed by atoms with van der Waals surface area (Å²) < 4.78 is 17.2. The molecule has 4 aromatic heterocycles. The lowest BCUT2D eigenvalue weighted by molar-refractivity contribution is 0.663. The predicted octanol–water partition coefficient (Wildman–Crippen LogP) is 9.36. The molecule has 0 aliphatic heterocycles. The van der Waals surface area contributed by atoms with Gasteiger partial charge in [-0.15, -0.1) is 0 Å². The van der Waals surface area contributed by atoms with Crippen molar-refractivity contribution in [3.8, 4) is 16.8 Å². The number of furan rings is 2. The van der Waals surface area contributed by atoms with Gasteiger partial charge >= 0.3 is 0 Å². The first-order valence-corrected chi connectivity index (χ1v) is 14.7. The van der Waals surface area contributed by atoms with E-state index in [0.717, 1.165) is 94.1 Å². The van der Waals surface area contributed by atoms with Crippen LogP contribution in [0.5, 0.6) is 0 Å². The van der Waals surface area contributed by atoms with Crippen LogP contribution in [-0.4, -0.2) is 14.0 Å². The van der Waals surface area contributed by atoms with Crippen molar-refractivity contribution >= 4 is 71.7 Å². The maximum Gasteiger partial charge on any atom is 0.220 e. The summed E-state index contributed by atoms with van der Waals surface area (Å²) in [7, 11) is 0. The van der Waals surface area contributed by atoms with Crippen LogP contribution in [0.15, 0.2) is 130 Å². The number of nitrogens with zero attached hydrogens (tertiary/aromatic N) is 3. The number of rotatable bonds is 3. The zero-order valence-corrected chi connectivity index (χ0v) is 23.5. The standard InChI is InChI=1S/C38H24N4O2/c39-21-24-7-5-8-25-26-19-22(15-17-33(26)44-37(24)25)23-16-18-34-27(20-23)36-32(13-6-14-35(36)43-34)42-31-12-4-3-11-30(31)41-29-10-2-1-9-28(29)40-38(41)42/h1-20H,21,39H2. The first-order valence-electron chi connectivity index (χ1n) is 14.7. The predicted molar refractivity (Wildman–Crippen MR) is 177 cm³/mol. The maximum absolute atomic E-state index is 6.44.